The third kappa shape index (κ3) is 2.95. The molecule has 1 aliphatic rings. The van der Waals surface area contributed by atoms with Crippen molar-refractivity contribution in [1.29, 1.82) is 0 Å². The number of dihydropyridines is 1. The molecule has 1 atom stereocenters. The highest BCUT2D eigenvalue weighted by atomic mass is 15.3. The lowest BCUT2D eigenvalue weighted by Crippen LogP contribution is -2.07. The second-order valence-corrected chi connectivity index (χ2v) is 6.71. The van der Waals surface area contributed by atoms with Gasteiger partial charge in [0.2, 0.25) is 0 Å². The first-order valence-electron chi connectivity index (χ1n) is 9.08. The van der Waals surface area contributed by atoms with Crippen LogP contribution in [0.2, 0.25) is 0 Å². The smallest absolute Gasteiger partial charge is 0.156 e. The first-order chi connectivity index (χ1) is 12.7. The van der Waals surface area contributed by atoms with E-state index in [2.05, 4.69) is 48.1 Å². The lowest BCUT2D eigenvalue weighted by atomic mass is 10.0. The van der Waals surface area contributed by atoms with E-state index in [0.29, 0.717) is 12.6 Å². The van der Waals surface area contributed by atoms with Gasteiger partial charge in [0, 0.05) is 36.2 Å². The number of nitrogens with zero attached hydrogens (tertiary/aromatic N) is 4. The summed E-state index contributed by atoms with van der Waals surface area (Å²) < 4.78 is 1.91. The number of nitrogens with two attached hydrogens (primary N) is 1. The predicted molar refractivity (Wildman–Crippen MR) is 106 cm³/mol. The van der Waals surface area contributed by atoms with Crippen LogP contribution in [0, 0.1) is 6.92 Å². The Morgan fingerprint density at radius 2 is 2.12 bits per heavy atom. The third-order valence-electron chi connectivity index (χ3n) is 5.02. The van der Waals surface area contributed by atoms with E-state index >= 15 is 0 Å². The molecule has 1 aliphatic heterocycles. The van der Waals surface area contributed by atoms with Crippen molar-refractivity contribution in [3.63, 3.8) is 0 Å². The monoisotopic (exact) mass is 345 g/mol. The Kier molecular flexibility index (Phi) is 4.39. The fraction of sp³-hybridized carbons (Fsp3) is 0.286. The largest absolute Gasteiger partial charge is 0.326 e. The fourth-order valence-electron chi connectivity index (χ4n) is 3.34. The van der Waals surface area contributed by atoms with Gasteiger partial charge in [-0.3, -0.25) is 4.99 Å². The molecule has 0 aliphatic carbocycles. The molecule has 3 heterocycles. The summed E-state index contributed by atoms with van der Waals surface area (Å²) in [5.41, 5.74) is 13.1. The Labute approximate surface area is 153 Å². The first-order valence-corrected chi connectivity index (χ1v) is 9.08. The summed E-state index contributed by atoms with van der Waals surface area (Å²) in [6, 6.07) is 10.8. The van der Waals surface area contributed by atoms with Crippen molar-refractivity contribution in [1.82, 2.24) is 14.6 Å². The highest BCUT2D eigenvalue weighted by Gasteiger charge is 2.14. The summed E-state index contributed by atoms with van der Waals surface area (Å²) in [6.07, 6.45) is 8.03. The second-order valence-electron chi connectivity index (χ2n) is 6.71. The Bertz CT molecular complexity index is 1010. The lowest BCUT2D eigenvalue weighted by molar-refractivity contribution is 0.661. The molecule has 0 radical (unpaired) electrons. The van der Waals surface area contributed by atoms with Gasteiger partial charge in [-0.25, -0.2) is 9.50 Å². The van der Waals surface area contributed by atoms with Gasteiger partial charge in [0.1, 0.15) is 0 Å². The minimum atomic E-state index is 0.397. The van der Waals surface area contributed by atoms with Crippen LogP contribution in [-0.4, -0.2) is 26.9 Å². The topological polar surface area (TPSA) is 68.6 Å². The van der Waals surface area contributed by atoms with Crippen LogP contribution in [0.15, 0.2) is 47.6 Å². The summed E-state index contributed by atoms with van der Waals surface area (Å²) >= 11 is 0. The van der Waals surface area contributed by atoms with E-state index < -0.39 is 0 Å². The van der Waals surface area contributed by atoms with Gasteiger partial charge in [-0.05, 0) is 43.0 Å². The molecule has 2 N–H and O–H groups in total. The van der Waals surface area contributed by atoms with Crippen LogP contribution in [0.3, 0.4) is 0 Å². The van der Waals surface area contributed by atoms with E-state index in [4.69, 9.17) is 10.8 Å². The number of allylic oxidation sites excluding steroid dienone is 1. The van der Waals surface area contributed by atoms with Crippen molar-refractivity contribution in [2.24, 2.45) is 10.7 Å². The average Bonchev–Trinajstić information content (AvgIpc) is 3.12. The van der Waals surface area contributed by atoms with Crippen molar-refractivity contribution in [3.8, 4) is 11.3 Å². The first kappa shape index (κ1) is 16.7. The number of hydrogen-bond donors (Lipinski definition) is 1. The van der Waals surface area contributed by atoms with Gasteiger partial charge >= 0.3 is 0 Å². The van der Waals surface area contributed by atoms with E-state index in [1.165, 1.54) is 5.56 Å². The predicted octanol–water partition coefficient (Wildman–Crippen LogP) is 3.80. The quantitative estimate of drug-likeness (QED) is 0.782. The maximum Gasteiger partial charge on any atom is 0.156 e. The number of aromatic nitrogens is 3. The normalized spacial score (nSPS) is 16.9. The van der Waals surface area contributed by atoms with Gasteiger partial charge in [-0.15, -0.1) is 0 Å². The number of aryl methyl sites for hydroxylation is 1. The van der Waals surface area contributed by atoms with Crippen LogP contribution in [0.4, 0.5) is 0 Å². The zero-order valence-electron chi connectivity index (χ0n) is 15.2. The van der Waals surface area contributed by atoms with E-state index in [1.54, 1.807) is 0 Å². The van der Waals surface area contributed by atoms with Crippen LogP contribution >= 0.6 is 0 Å². The number of hydrogen-bond acceptors (Lipinski definition) is 4. The van der Waals surface area contributed by atoms with E-state index in [-0.39, 0.29) is 0 Å². The van der Waals surface area contributed by atoms with E-state index in [1.807, 2.05) is 29.1 Å². The van der Waals surface area contributed by atoms with Crippen LogP contribution in [0.5, 0.6) is 0 Å². The molecule has 1 unspecified atom stereocenters. The van der Waals surface area contributed by atoms with Crippen molar-refractivity contribution < 1.29 is 0 Å². The Hall–Kier alpha value is -2.79. The molecule has 0 bridgehead atoms. The standard InChI is InChI=1S/C21H23N5/c1-3-18-7-6-17(13-24-18)19-11-21-23-9-8-20(26(21)25-19)15-4-5-16(12-22)14(2)10-15/h4-6,8-11,13,18H,3,7,12,22H2,1-2H3. The molecular weight excluding hydrogens is 322 g/mol. The van der Waals surface area contributed by atoms with E-state index in [0.717, 1.165) is 46.6 Å². The molecule has 0 saturated carbocycles. The fourth-order valence-corrected chi connectivity index (χ4v) is 3.34. The molecule has 3 aromatic rings. The Balaban J connectivity index is 1.76. The van der Waals surface area contributed by atoms with Crippen molar-refractivity contribution in [2.45, 2.75) is 39.3 Å². The highest BCUT2D eigenvalue weighted by Crippen LogP contribution is 2.25. The minimum absolute atomic E-state index is 0.397. The number of rotatable bonds is 4. The number of fused-ring (bicyclic) bond motifs is 1. The molecule has 0 fully saturated rings. The SMILES string of the molecule is CCC1CC=C(c2cc3nccc(-c4ccc(CN)c(C)c4)n3n2)C=N1. The lowest BCUT2D eigenvalue weighted by Gasteiger charge is -2.12. The molecule has 132 valence electrons. The molecule has 4 rings (SSSR count). The summed E-state index contributed by atoms with van der Waals surface area (Å²) in [6.45, 7) is 4.81. The Morgan fingerprint density at radius 3 is 2.81 bits per heavy atom. The molecule has 5 heteroatoms. The molecule has 0 spiro atoms. The van der Waals surface area contributed by atoms with Gasteiger partial charge in [-0.1, -0.05) is 25.1 Å². The summed E-state index contributed by atoms with van der Waals surface area (Å²) in [5, 5.41) is 4.81. The zero-order chi connectivity index (χ0) is 18.1. The molecule has 5 nitrogen and oxygen atoms in total. The second kappa shape index (κ2) is 6.84. The summed E-state index contributed by atoms with van der Waals surface area (Å²) in [7, 11) is 0. The van der Waals surface area contributed by atoms with Gasteiger partial charge < -0.3 is 5.73 Å². The van der Waals surface area contributed by atoms with Gasteiger partial charge in [-0.2, -0.15) is 5.10 Å². The summed E-state index contributed by atoms with van der Waals surface area (Å²) in [5.74, 6) is 0. The molecule has 0 saturated heterocycles. The third-order valence-corrected chi connectivity index (χ3v) is 5.02. The molecule has 2 aromatic heterocycles. The van der Waals surface area contributed by atoms with Gasteiger partial charge in [0.25, 0.3) is 0 Å². The van der Waals surface area contributed by atoms with Gasteiger partial charge in [0.15, 0.2) is 5.65 Å². The average molecular weight is 345 g/mol. The Morgan fingerprint density at radius 1 is 1.23 bits per heavy atom. The maximum absolute atomic E-state index is 5.79. The molecular formula is C21H23N5. The number of aliphatic imine (C=N–C) groups is 1. The van der Waals surface area contributed by atoms with Crippen molar-refractivity contribution in [3.05, 3.63) is 59.4 Å². The highest BCUT2D eigenvalue weighted by molar-refractivity contribution is 6.09. The molecule has 1 aromatic carbocycles. The van der Waals surface area contributed by atoms with Crippen LogP contribution in [0.25, 0.3) is 22.5 Å². The van der Waals surface area contributed by atoms with Crippen molar-refractivity contribution in [2.75, 3.05) is 0 Å². The number of benzene rings is 1. The van der Waals surface area contributed by atoms with Crippen LogP contribution in [0.1, 0.15) is 36.6 Å². The minimum Gasteiger partial charge on any atom is -0.326 e. The van der Waals surface area contributed by atoms with Crippen LogP contribution < -0.4 is 5.73 Å². The summed E-state index contributed by atoms with van der Waals surface area (Å²) in [4.78, 5) is 9.09. The van der Waals surface area contributed by atoms with Crippen molar-refractivity contribution >= 4 is 17.4 Å². The zero-order valence-corrected chi connectivity index (χ0v) is 15.2. The maximum atomic E-state index is 5.79. The van der Waals surface area contributed by atoms with Crippen LogP contribution in [-0.2, 0) is 6.54 Å². The molecule has 0 amide bonds. The van der Waals surface area contributed by atoms with E-state index in [9.17, 15) is 0 Å². The molecule has 26 heavy (non-hydrogen) atoms. The van der Waals surface area contributed by atoms with Gasteiger partial charge in [0.05, 0.1) is 17.4 Å².